The number of aromatic nitrogens is 1. The molecule has 0 saturated heterocycles. The van der Waals surface area contributed by atoms with Crippen molar-refractivity contribution in [2.24, 2.45) is 5.73 Å². The molecule has 1 fully saturated rings. The van der Waals surface area contributed by atoms with Crippen molar-refractivity contribution < 1.29 is 9.32 Å². The lowest BCUT2D eigenvalue weighted by molar-refractivity contribution is 0.0991. The van der Waals surface area contributed by atoms with Crippen LogP contribution in [0.15, 0.2) is 4.52 Å². The van der Waals surface area contributed by atoms with Crippen LogP contribution in [0.2, 0.25) is 0 Å². The molecule has 1 amide bonds. The number of carbonyl (C=O) groups is 1. The van der Waals surface area contributed by atoms with Crippen LogP contribution in [0.1, 0.15) is 40.6 Å². The van der Waals surface area contributed by atoms with Crippen molar-refractivity contribution in [3.05, 3.63) is 17.0 Å². The molecule has 0 radical (unpaired) electrons. The number of amides is 1. The van der Waals surface area contributed by atoms with Crippen LogP contribution < -0.4 is 5.73 Å². The quantitative estimate of drug-likeness (QED) is 0.711. The van der Waals surface area contributed by atoms with E-state index < -0.39 is 5.91 Å². The van der Waals surface area contributed by atoms with Gasteiger partial charge in [0.25, 0.3) is 5.91 Å². The minimum absolute atomic E-state index is 0.275. The summed E-state index contributed by atoms with van der Waals surface area (Å²) in [5.74, 6) is 0.803. The van der Waals surface area contributed by atoms with Crippen LogP contribution in [0.3, 0.4) is 0 Å². The van der Waals surface area contributed by atoms with E-state index in [9.17, 15) is 4.79 Å². The SMILES string of the molecule is Cc1c(C(N)=O)noc1C1CC1. The smallest absolute Gasteiger partial charge is 0.271 e. The molecule has 1 heterocycles. The first-order valence-corrected chi connectivity index (χ1v) is 3.96. The number of hydrogen-bond donors (Lipinski definition) is 1. The van der Waals surface area contributed by atoms with E-state index in [4.69, 9.17) is 10.3 Å². The molecule has 1 aliphatic rings. The number of nitrogens with two attached hydrogens (primary N) is 1. The largest absolute Gasteiger partial charge is 0.364 e. The third kappa shape index (κ3) is 0.995. The number of primary amides is 1. The second-order valence-corrected chi connectivity index (χ2v) is 3.16. The molecular formula is C8H10N2O2. The van der Waals surface area contributed by atoms with Crippen LogP contribution in [-0.2, 0) is 0 Å². The van der Waals surface area contributed by atoms with E-state index in [-0.39, 0.29) is 5.69 Å². The highest BCUT2D eigenvalue weighted by Crippen LogP contribution is 2.42. The van der Waals surface area contributed by atoms with Gasteiger partial charge in [-0.2, -0.15) is 0 Å². The van der Waals surface area contributed by atoms with Gasteiger partial charge in [0.1, 0.15) is 5.76 Å². The molecule has 0 unspecified atom stereocenters. The van der Waals surface area contributed by atoms with Crippen molar-refractivity contribution in [1.29, 1.82) is 0 Å². The molecule has 1 aromatic rings. The molecule has 0 aromatic carbocycles. The average Bonchev–Trinajstić information content (AvgIpc) is 2.75. The maximum Gasteiger partial charge on any atom is 0.271 e. The van der Waals surface area contributed by atoms with Crippen LogP contribution in [0, 0.1) is 6.92 Å². The Morgan fingerprint density at radius 3 is 2.75 bits per heavy atom. The van der Waals surface area contributed by atoms with E-state index in [1.54, 1.807) is 0 Å². The Morgan fingerprint density at radius 1 is 1.67 bits per heavy atom. The zero-order valence-corrected chi connectivity index (χ0v) is 6.83. The summed E-state index contributed by atoms with van der Waals surface area (Å²) in [7, 11) is 0. The molecule has 0 atom stereocenters. The second-order valence-electron chi connectivity index (χ2n) is 3.16. The Labute approximate surface area is 69.7 Å². The van der Waals surface area contributed by atoms with Gasteiger partial charge < -0.3 is 10.3 Å². The Morgan fingerprint density at radius 2 is 2.33 bits per heavy atom. The van der Waals surface area contributed by atoms with E-state index in [0.29, 0.717) is 5.92 Å². The zero-order chi connectivity index (χ0) is 8.72. The monoisotopic (exact) mass is 166 g/mol. The lowest BCUT2D eigenvalue weighted by atomic mass is 10.1. The van der Waals surface area contributed by atoms with Crippen LogP contribution in [0.5, 0.6) is 0 Å². The van der Waals surface area contributed by atoms with Crippen molar-refractivity contribution in [2.75, 3.05) is 0 Å². The van der Waals surface area contributed by atoms with Crippen molar-refractivity contribution in [3.8, 4) is 0 Å². The maximum atomic E-state index is 10.8. The molecule has 12 heavy (non-hydrogen) atoms. The minimum Gasteiger partial charge on any atom is -0.364 e. The molecule has 0 spiro atoms. The van der Waals surface area contributed by atoms with Gasteiger partial charge in [0.15, 0.2) is 5.69 Å². The molecule has 0 bridgehead atoms. The van der Waals surface area contributed by atoms with Crippen LogP contribution in [0.4, 0.5) is 0 Å². The lowest BCUT2D eigenvalue weighted by Gasteiger charge is -1.90. The molecule has 4 nitrogen and oxygen atoms in total. The van der Waals surface area contributed by atoms with E-state index in [0.717, 1.165) is 24.2 Å². The van der Waals surface area contributed by atoms with Crippen LogP contribution in [-0.4, -0.2) is 11.1 Å². The summed E-state index contributed by atoms with van der Waals surface area (Å²) >= 11 is 0. The van der Waals surface area contributed by atoms with Gasteiger partial charge in [-0.25, -0.2) is 0 Å². The van der Waals surface area contributed by atoms with Crippen molar-refractivity contribution in [3.63, 3.8) is 0 Å². The first kappa shape index (κ1) is 7.34. The molecule has 64 valence electrons. The molecule has 4 heteroatoms. The summed E-state index contributed by atoms with van der Waals surface area (Å²) in [6.07, 6.45) is 2.27. The summed E-state index contributed by atoms with van der Waals surface area (Å²) in [6.45, 7) is 1.82. The molecule has 1 saturated carbocycles. The fraction of sp³-hybridized carbons (Fsp3) is 0.500. The molecular weight excluding hydrogens is 156 g/mol. The minimum atomic E-state index is -0.511. The molecule has 0 aliphatic heterocycles. The van der Waals surface area contributed by atoms with Crippen LogP contribution >= 0.6 is 0 Å². The maximum absolute atomic E-state index is 10.8. The zero-order valence-electron chi connectivity index (χ0n) is 6.83. The summed E-state index contributed by atoms with van der Waals surface area (Å²) in [4.78, 5) is 10.8. The van der Waals surface area contributed by atoms with Gasteiger partial charge in [-0.3, -0.25) is 4.79 Å². The van der Waals surface area contributed by atoms with Gasteiger partial charge >= 0.3 is 0 Å². The summed E-state index contributed by atoms with van der Waals surface area (Å²) in [5.41, 5.74) is 6.17. The fourth-order valence-electron chi connectivity index (χ4n) is 1.30. The number of hydrogen-bond acceptors (Lipinski definition) is 3. The Hall–Kier alpha value is -1.32. The molecule has 1 aliphatic carbocycles. The van der Waals surface area contributed by atoms with Gasteiger partial charge in [-0.1, -0.05) is 5.16 Å². The van der Waals surface area contributed by atoms with Gasteiger partial charge in [-0.05, 0) is 19.8 Å². The Balaban J connectivity index is 2.39. The molecule has 1 aromatic heterocycles. The van der Waals surface area contributed by atoms with E-state index >= 15 is 0 Å². The van der Waals surface area contributed by atoms with Gasteiger partial charge in [0.05, 0.1) is 0 Å². The number of carbonyl (C=O) groups excluding carboxylic acids is 1. The normalized spacial score (nSPS) is 16.4. The first-order valence-electron chi connectivity index (χ1n) is 3.96. The van der Waals surface area contributed by atoms with E-state index in [1.165, 1.54) is 0 Å². The number of rotatable bonds is 2. The van der Waals surface area contributed by atoms with E-state index in [2.05, 4.69) is 5.16 Å². The van der Waals surface area contributed by atoms with Crippen molar-refractivity contribution in [2.45, 2.75) is 25.7 Å². The van der Waals surface area contributed by atoms with Crippen molar-refractivity contribution in [1.82, 2.24) is 5.16 Å². The first-order chi connectivity index (χ1) is 5.70. The highest BCUT2D eigenvalue weighted by Gasteiger charge is 2.31. The summed E-state index contributed by atoms with van der Waals surface area (Å²) in [5, 5.41) is 3.63. The van der Waals surface area contributed by atoms with Crippen molar-refractivity contribution >= 4 is 5.91 Å². The highest BCUT2D eigenvalue weighted by molar-refractivity contribution is 5.92. The van der Waals surface area contributed by atoms with Crippen LogP contribution in [0.25, 0.3) is 0 Å². The summed E-state index contributed by atoms with van der Waals surface area (Å²) in [6, 6.07) is 0. The fourth-order valence-corrected chi connectivity index (χ4v) is 1.30. The number of nitrogens with zero attached hydrogens (tertiary/aromatic N) is 1. The van der Waals surface area contributed by atoms with Gasteiger partial charge in [0.2, 0.25) is 0 Å². The van der Waals surface area contributed by atoms with E-state index in [1.807, 2.05) is 6.92 Å². The molecule has 2 rings (SSSR count). The highest BCUT2D eigenvalue weighted by atomic mass is 16.5. The summed E-state index contributed by atoms with van der Waals surface area (Å²) < 4.78 is 5.03. The van der Waals surface area contributed by atoms with Gasteiger partial charge in [-0.15, -0.1) is 0 Å². The molecule has 2 N–H and O–H groups in total. The average molecular weight is 166 g/mol. The predicted molar refractivity (Wildman–Crippen MR) is 41.7 cm³/mol. The lowest BCUT2D eigenvalue weighted by Crippen LogP contribution is -2.12. The van der Waals surface area contributed by atoms with Gasteiger partial charge in [0, 0.05) is 11.5 Å². The Bertz CT molecular complexity index is 326. The predicted octanol–water partition coefficient (Wildman–Crippen LogP) is 0.959. The Kier molecular flexibility index (Phi) is 1.43. The third-order valence-electron chi connectivity index (χ3n) is 2.14. The topological polar surface area (TPSA) is 69.1 Å². The second kappa shape index (κ2) is 2.33. The third-order valence-corrected chi connectivity index (χ3v) is 2.14. The standard InChI is InChI=1S/C8H10N2O2/c1-4-6(8(9)11)10-12-7(4)5-2-3-5/h5H,2-3H2,1H3,(H2,9,11).